The van der Waals surface area contributed by atoms with Crippen LogP contribution < -0.4 is 15.2 Å². The molecular weight excluding hydrogens is 544 g/mol. The number of likely N-dealkylation sites (tertiary alicyclic amines) is 1. The van der Waals surface area contributed by atoms with E-state index in [1.807, 2.05) is 17.0 Å². The van der Waals surface area contributed by atoms with Crippen LogP contribution in [-0.4, -0.2) is 50.2 Å². The quantitative estimate of drug-likeness (QED) is 0.432. The third kappa shape index (κ3) is 5.41. The van der Waals surface area contributed by atoms with Crippen molar-refractivity contribution in [3.63, 3.8) is 0 Å². The van der Waals surface area contributed by atoms with Gasteiger partial charge < -0.3 is 24.7 Å². The van der Waals surface area contributed by atoms with Gasteiger partial charge in [0, 0.05) is 35.4 Å². The first-order valence-corrected chi connectivity index (χ1v) is 13.8. The summed E-state index contributed by atoms with van der Waals surface area (Å²) in [5.74, 6) is 2.48. The molecule has 0 saturated carbocycles. The predicted octanol–water partition coefficient (Wildman–Crippen LogP) is 5.12. The Labute approximate surface area is 223 Å². The molecule has 1 amide bonds. The van der Waals surface area contributed by atoms with Crippen LogP contribution in [0.1, 0.15) is 46.5 Å². The first kappa shape index (κ1) is 25.1. The molecule has 5 rings (SSSR count). The molecule has 9 nitrogen and oxygen atoms in total. The number of hydrogen-bond donors (Lipinski definition) is 1. The highest BCUT2D eigenvalue weighted by Gasteiger charge is 2.27. The fourth-order valence-electron chi connectivity index (χ4n) is 4.69. The minimum atomic E-state index is -0.00545. The maximum Gasteiger partial charge on any atom is 0.231 e. The van der Waals surface area contributed by atoms with E-state index in [1.165, 1.54) is 18.1 Å². The van der Waals surface area contributed by atoms with Crippen LogP contribution in [0.5, 0.6) is 11.5 Å². The molecule has 0 spiro atoms. The molecule has 2 aromatic heterocycles. The Morgan fingerprint density at radius 1 is 1.25 bits per heavy atom. The topological polar surface area (TPSA) is 108 Å². The van der Waals surface area contributed by atoms with E-state index in [2.05, 4.69) is 51.2 Å². The zero-order chi connectivity index (χ0) is 25.4. The SMILES string of the molecule is CC(C)(C)CC(=O)N1CCCC(CCn2c(Sc3cc4c(cc3Br)OCO4)nc3c(N)ncnc32)C1. The summed E-state index contributed by atoms with van der Waals surface area (Å²) >= 11 is 5.17. The fraction of sp³-hybridized carbons (Fsp3) is 0.520. The number of nitrogens with zero attached hydrogens (tertiary/aromatic N) is 5. The number of carbonyl (C=O) groups is 1. The molecule has 1 fully saturated rings. The van der Waals surface area contributed by atoms with Crippen molar-refractivity contribution in [2.45, 2.75) is 63.1 Å². The number of imidazole rings is 1. The minimum absolute atomic E-state index is 0.00545. The van der Waals surface area contributed by atoms with E-state index in [4.69, 9.17) is 20.2 Å². The van der Waals surface area contributed by atoms with E-state index >= 15 is 0 Å². The lowest BCUT2D eigenvalue weighted by molar-refractivity contribution is -0.135. The van der Waals surface area contributed by atoms with Crippen LogP contribution in [0, 0.1) is 11.3 Å². The molecule has 0 aliphatic carbocycles. The Morgan fingerprint density at radius 3 is 2.81 bits per heavy atom. The molecule has 2 aliphatic heterocycles. The maximum absolute atomic E-state index is 12.8. The lowest BCUT2D eigenvalue weighted by Gasteiger charge is -2.34. The monoisotopic (exact) mass is 574 g/mol. The van der Waals surface area contributed by atoms with Crippen LogP contribution in [0.2, 0.25) is 0 Å². The molecule has 1 unspecified atom stereocenters. The number of halogens is 1. The Morgan fingerprint density at radius 2 is 2.03 bits per heavy atom. The Hall–Kier alpha value is -2.53. The molecule has 11 heteroatoms. The summed E-state index contributed by atoms with van der Waals surface area (Å²) in [7, 11) is 0. The van der Waals surface area contributed by atoms with Crippen LogP contribution in [0.3, 0.4) is 0 Å². The number of benzene rings is 1. The van der Waals surface area contributed by atoms with Gasteiger partial charge in [-0.1, -0.05) is 32.5 Å². The van der Waals surface area contributed by atoms with Crippen LogP contribution in [0.4, 0.5) is 5.82 Å². The van der Waals surface area contributed by atoms with Crippen LogP contribution >= 0.6 is 27.7 Å². The van der Waals surface area contributed by atoms with E-state index in [0.29, 0.717) is 29.4 Å². The van der Waals surface area contributed by atoms with Gasteiger partial charge in [-0.2, -0.15) is 0 Å². The molecule has 36 heavy (non-hydrogen) atoms. The molecule has 2 aliphatic rings. The number of piperidine rings is 1. The van der Waals surface area contributed by atoms with Gasteiger partial charge in [0.25, 0.3) is 0 Å². The van der Waals surface area contributed by atoms with E-state index in [9.17, 15) is 4.79 Å². The first-order chi connectivity index (χ1) is 17.2. The maximum atomic E-state index is 12.8. The zero-order valence-electron chi connectivity index (χ0n) is 20.8. The fourth-order valence-corrected chi connectivity index (χ4v) is 6.20. The number of nitrogen functional groups attached to an aromatic ring is 1. The summed E-state index contributed by atoms with van der Waals surface area (Å²) < 4.78 is 14.1. The van der Waals surface area contributed by atoms with Gasteiger partial charge in [-0.05, 0) is 58.7 Å². The third-order valence-corrected chi connectivity index (χ3v) is 8.44. The first-order valence-electron chi connectivity index (χ1n) is 12.2. The van der Waals surface area contributed by atoms with Gasteiger partial charge in [-0.25, -0.2) is 15.0 Å². The third-order valence-electron chi connectivity index (χ3n) is 6.47. The summed E-state index contributed by atoms with van der Waals surface area (Å²) in [5, 5.41) is 0.785. The van der Waals surface area contributed by atoms with E-state index in [0.717, 1.165) is 64.8 Å². The summed E-state index contributed by atoms with van der Waals surface area (Å²) in [5.41, 5.74) is 7.46. The van der Waals surface area contributed by atoms with Crippen molar-refractivity contribution in [1.29, 1.82) is 0 Å². The van der Waals surface area contributed by atoms with Crippen LogP contribution in [0.15, 0.2) is 33.0 Å². The number of carbonyl (C=O) groups excluding carboxylic acids is 1. The highest BCUT2D eigenvalue weighted by atomic mass is 79.9. The normalized spacial score (nSPS) is 17.7. The van der Waals surface area contributed by atoms with Gasteiger partial charge in [0.05, 0.1) is 0 Å². The van der Waals surface area contributed by atoms with Gasteiger partial charge in [0.1, 0.15) is 6.33 Å². The molecule has 2 N–H and O–H groups in total. The number of anilines is 1. The molecule has 1 saturated heterocycles. The second kappa shape index (κ2) is 10.1. The highest BCUT2D eigenvalue weighted by molar-refractivity contribution is 9.10. The minimum Gasteiger partial charge on any atom is -0.454 e. The summed E-state index contributed by atoms with van der Waals surface area (Å²) in [4.78, 5) is 29.3. The molecule has 3 aromatic rings. The lowest BCUT2D eigenvalue weighted by Crippen LogP contribution is -2.41. The molecule has 1 aromatic carbocycles. The number of hydrogen-bond acceptors (Lipinski definition) is 8. The van der Waals surface area contributed by atoms with Gasteiger partial charge in [-0.3, -0.25) is 4.79 Å². The van der Waals surface area contributed by atoms with Crippen molar-refractivity contribution >= 4 is 50.6 Å². The standard InChI is InChI=1S/C25H31BrN6O3S/c1-25(2,3)11-20(33)31-7-4-5-15(12-31)6-8-32-23-21(22(27)28-13-29-23)30-24(32)36-19-10-18-17(9-16(19)26)34-14-35-18/h9-10,13,15H,4-8,11-12,14H2,1-3H3,(H2,27,28,29). The van der Waals surface area contributed by atoms with Gasteiger partial charge in [0.15, 0.2) is 33.6 Å². The lowest BCUT2D eigenvalue weighted by atomic mass is 9.89. The number of aromatic nitrogens is 4. The molecule has 4 heterocycles. The van der Waals surface area contributed by atoms with Crippen molar-refractivity contribution in [2.75, 3.05) is 25.6 Å². The van der Waals surface area contributed by atoms with Crippen LogP contribution in [0.25, 0.3) is 11.2 Å². The summed E-state index contributed by atoms with van der Waals surface area (Å²) in [6.45, 7) is 8.93. The average molecular weight is 576 g/mol. The Balaban J connectivity index is 1.36. The van der Waals surface area contributed by atoms with Crippen molar-refractivity contribution < 1.29 is 14.3 Å². The predicted molar refractivity (Wildman–Crippen MR) is 142 cm³/mol. The largest absolute Gasteiger partial charge is 0.454 e. The molecule has 0 bridgehead atoms. The number of aryl methyl sites for hydroxylation is 1. The zero-order valence-corrected chi connectivity index (χ0v) is 23.2. The van der Waals surface area contributed by atoms with Crippen LogP contribution in [-0.2, 0) is 11.3 Å². The molecule has 192 valence electrons. The van der Waals surface area contributed by atoms with E-state index in [-0.39, 0.29) is 18.1 Å². The number of nitrogens with two attached hydrogens (primary N) is 1. The number of rotatable bonds is 6. The average Bonchev–Trinajstić information content (AvgIpc) is 3.41. The van der Waals surface area contributed by atoms with Gasteiger partial charge in [0.2, 0.25) is 12.7 Å². The van der Waals surface area contributed by atoms with E-state index in [1.54, 1.807) is 0 Å². The Kier molecular flexibility index (Phi) is 7.04. The molecule has 1 atom stereocenters. The summed E-state index contributed by atoms with van der Waals surface area (Å²) in [6, 6.07) is 3.87. The number of amides is 1. The van der Waals surface area contributed by atoms with Crippen molar-refractivity contribution in [3.05, 3.63) is 22.9 Å². The second-order valence-corrected chi connectivity index (χ2v) is 12.5. The molecular formula is C25H31BrN6O3S. The number of ether oxygens (including phenoxy) is 2. The van der Waals surface area contributed by atoms with Gasteiger partial charge in [-0.15, -0.1) is 0 Å². The highest BCUT2D eigenvalue weighted by Crippen LogP contribution is 2.43. The smallest absolute Gasteiger partial charge is 0.231 e. The summed E-state index contributed by atoms with van der Waals surface area (Å²) in [6.07, 6.45) is 5.12. The van der Waals surface area contributed by atoms with Gasteiger partial charge >= 0.3 is 0 Å². The number of fused-ring (bicyclic) bond motifs is 2. The van der Waals surface area contributed by atoms with Crippen molar-refractivity contribution in [3.8, 4) is 11.5 Å². The van der Waals surface area contributed by atoms with E-state index < -0.39 is 0 Å². The second-order valence-electron chi connectivity index (χ2n) is 10.6. The van der Waals surface area contributed by atoms with Crippen molar-refractivity contribution in [1.82, 2.24) is 24.4 Å². The molecule has 0 radical (unpaired) electrons. The van der Waals surface area contributed by atoms with Crippen molar-refractivity contribution in [2.24, 2.45) is 11.3 Å². The Bertz CT molecular complexity index is 1290.